The quantitative estimate of drug-likeness (QED) is 0.119. The van der Waals surface area contributed by atoms with E-state index in [4.69, 9.17) is 9.47 Å². The number of carbonyl (C=O) groups excluding carboxylic acids is 4. The fraction of sp³-hybridized carbons (Fsp3) is 0.696. The molecule has 0 aliphatic heterocycles. The molecule has 308 valence electrons. The number of rotatable bonds is 11. The molecule has 1 saturated carbocycles. The largest absolute Gasteiger partial charge is 0.462 e. The summed E-state index contributed by atoms with van der Waals surface area (Å²) in [5.74, 6) is 0.672. The van der Waals surface area contributed by atoms with Crippen molar-refractivity contribution in [3.8, 4) is 0 Å². The van der Waals surface area contributed by atoms with Gasteiger partial charge in [-0.05, 0) is 102 Å². The van der Waals surface area contributed by atoms with Gasteiger partial charge in [-0.25, -0.2) is 9.59 Å². The molecule has 1 fully saturated rings. The molecule has 1 rings (SSSR count). The first-order valence-corrected chi connectivity index (χ1v) is 17.5. The molecule has 0 aromatic rings. The third kappa shape index (κ3) is 56.4. The van der Waals surface area contributed by atoms with E-state index in [2.05, 4.69) is 47.6 Å². The molecule has 0 N–H and O–H groups in total. The monoisotopic (exact) mass is 737 g/mol. The van der Waals surface area contributed by atoms with Gasteiger partial charge in [-0.1, -0.05) is 135 Å². The van der Waals surface area contributed by atoms with Crippen molar-refractivity contribution in [1.29, 1.82) is 0 Å². The van der Waals surface area contributed by atoms with Gasteiger partial charge in [-0.3, -0.25) is 9.59 Å². The third-order valence-corrected chi connectivity index (χ3v) is 6.19. The molecule has 0 unspecified atom stereocenters. The Hall–Kier alpha value is -3.02. The van der Waals surface area contributed by atoms with Gasteiger partial charge >= 0.3 is 11.9 Å². The SMILES string of the molecule is C.C.C.C.C/C=C/C(=O)CCC(C)(C)C.C/C=C/C(=O)OC(C)(C)C.C/C=C/C=C/C(=O)OCC(C)(C)C.CC(C)(C)CCC(=O)/C=C/C1CCC1. The molecule has 0 saturated heterocycles. The Morgan fingerprint density at radius 3 is 1.33 bits per heavy atom. The number of ketones is 2. The van der Waals surface area contributed by atoms with Gasteiger partial charge in [-0.15, -0.1) is 0 Å². The van der Waals surface area contributed by atoms with Gasteiger partial charge < -0.3 is 9.47 Å². The van der Waals surface area contributed by atoms with Gasteiger partial charge in [0, 0.05) is 25.0 Å². The first-order valence-electron chi connectivity index (χ1n) is 17.5. The lowest BCUT2D eigenvalue weighted by atomic mass is 9.84. The molecule has 0 radical (unpaired) electrons. The van der Waals surface area contributed by atoms with E-state index in [0.717, 1.165) is 12.8 Å². The van der Waals surface area contributed by atoms with Gasteiger partial charge in [0.2, 0.25) is 0 Å². The van der Waals surface area contributed by atoms with Crippen molar-refractivity contribution >= 4 is 23.5 Å². The van der Waals surface area contributed by atoms with E-state index >= 15 is 0 Å². The molecule has 0 aromatic heterocycles. The highest BCUT2D eigenvalue weighted by Crippen LogP contribution is 2.27. The smallest absolute Gasteiger partial charge is 0.330 e. The minimum atomic E-state index is -0.378. The summed E-state index contributed by atoms with van der Waals surface area (Å²) >= 11 is 0. The van der Waals surface area contributed by atoms with Crippen molar-refractivity contribution in [2.24, 2.45) is 22.2 Å². The normalized spacial score (nSPS) is 13.1. The van der Waals surface area contributed by atoms with Crippen LogP contribution in [0.4, 0.5) is 0 Å². The van der Waals surface area contributed by atoms with Crippen LogP contribution in [-0.2, 0) is 28.7 Å². The van der Waals surface area contributed by atoms with E-state index in [-0.39, 0.29) is 69.3 Å². The number of ether oxygens (including phenoxy) is 2. The van der Waals surface area contributed by atoms with Crippen molar-refractivity contribution in [2.75, 3.05) is 6.61 Å². The Morgan fingerprint density at radius 1 is 0.558 bits per heavy atom. The zero-order valence-corrected chi connectivity index (χ0v) is 33.5. The van der Waals surface area contributed by atoms with Crippen molar-refractivity contribution in [1.82, 2.24) is 0 Å². The minimum Gasteiger partial charge on any atom is -0.462 e. The molecule has 0 atom stereocenters. The minimum absolute atomic E-state index is 0. The maximum Gasteiger partial charge on any atom is 0.330 e. The highest BCUT2D eigenvalue weighted by Gasteiger charge is 2.16. The van der Waals surface area contributed by atoms with Crippen molar-refractivity contribution < 1.29 is 28.7 Å². The lowest BCUT2D eigenvalue weighted by Crippen LogP contribution is -2.22. The summed E-state index contributed by atoms with van der Waals surface area (Å²) in [5, 5.41) is 0. The molecule has 0 spiro atoms. The summed E-state index contributed by atoms with van der Waals surface area (Å²) in [6, 6.07) is 0. The highest BCUT2D eigenvalue weighted by atomic mass is 16.6. The first-order chi connectivity index (χ1) is 21.8. The zero-order valence-electron chi connectivity index (χ0n) is 33.5. The standard InChI is InChI=1S/C13H22O.C11H18O2.C10H18O.C8H14O2.4CH4/c1-13(2,3)10-9-12(14)8-7-11-5-4-6-11;1-5-6-7-8-10(12)13-9-11(2,3)4;1-5-6-9(11)7-8-10(2,3)4;1-5-6-7(9)10-8(2,3)4;;;;/h7-8,11H,4-6,9-10H2,1-3H3;5-8H,9H2,1-4H3;5-6H,7-8H2,1-4H3;5-6H,1-4H3;4*1H4/b8-7+;6-5+,8-7+;2*6-5+;;;;. The average molecular weight is 737 g/mol. The summed E-state index contributed by atoms with van der Waals surface area (Å²) in [6.45, 7) is 30.6. The molecule has 1 aliphatic carbocycles. The summed E-state index contributed by atoms with van der Waals surface area (Å²) < 4.78 is 9.95. The predicted molar refractivity (Wildman–Crippen MR) is 231 cm³/mol. The van der Waals surface area contributed by atoms with Crippen LogP contribution >= 0.6 is 0 Å². The Labute approximate surface area is 325 Å². The second-order valence-electron chi connectivity index (χ2n) is 16.7. The van der Waals surface area contributed by atoms with E-state index in [0.29, 0.717) is 31.1 Å². The predicted octanol–water partition coefficient (Wildman–Crippen LogP) is 13.9. The molecular weight excluding hydrogens is 649 g/mol. The van der Waals surface area contributed by atoms with E-state index in [9.17, 15) is 19.2 Å². The fourth-order valence-electron chi connectivity index (χ4n) is 3.28. The van der Waals surface area contributed by atoms with Crippen LogP contribution in [0.2, 0.25) is 0 Å². The van der Waals surface area contributed by atoms with E-state index < -0.39 is 0 Å². The summed E-state index contributed by atoms with van der Waals surface area (Å²) in [4.78, 5) is 44.2. The Bertz CT molecular complexity index is 1050. The molecule has 1 aliphatic rings. The topological polar surface area (TPSA) is 86.7 Å². The van der Waals surface area contributed by atoms with Crippen LogP contribution in [0.1, 0.15) is 179 Å². The summed E-state index contributed by atoms with van der Waals surface area (Å²) in [6.07, 6.45) is 24.4. The molecule has 6 nitrogen and oxygen atoms in total. The average Bonchev–Trinajstić information content (AvgIpc) is 2.88. The van der Waals surface area contributed by atoms with Crippen LogP contribution in [0.5, 0.6) is 0 Å². The van der Waals surface area contributed by atoms with Crippen LogP contribution in [0.25, 0.3) is 0 Å². The van der Waals surface area contributed by atoms with Crippen LogP contribution in [-0.4, -0.2) is 35.7 Å². The Balaban J connectivity index is -0.000000102. The van der Waals surface area contributed by atoms with Gasteiger partial charge in [0.25, 0.3) is 0 Å². The molecule has 0 aromatic carbocycles. The van der Waals surface area contributed by atoms with Gasteiger partial charge in [0.15, 0.2) is 11.6 Å². The van der Waals surface area contributed by atoms with Crippen molar-refractivity contribution in [3.63, 3.8) is 0 Å². The van der Waals surface area contributed by atoms with Crippen molar-refractivity contribution in [2.45, 2.75) is 184 Å². The highest BCUT2D eigenvalue weighted by molar-refractivity contribution is 5.90. The van der Waals surface area contributed by atoms with E-state index in [1.807, 2.05) is 61.5 Å². The number of hydrogen-bond donors (Lipinski definition) is 0. The summed E-state index contributed by atoms with van der Waals surface area (Å²) in [7, 11) is 0. The molecule has 0 amide bonds. The number of carbonyl (C=O) groups is 4. The Kier molecular flexibility index (Phi) is 41.6. The van der Waals surface area contributed by atoms with E-state index in [1.165, 1.54) is 31.4 Å². The maximum atomic E-state index is 11.4. The second kappa shape index (κ2) is 33.8. The molecule has 52 heavy (non-hydrogen) atoms. The van der Waals surface area contributed by atoms with Crippen LogP contribution in [0, 0.1) is 22.2 Å². The third-order valence-electron chi connectivity index (χ3n) is 6.19. The second-order valence-corrected chi connectivity index (χ2v) is 16.7. The van der Waals surface area contributed by atoms with Gasteiger partial charge in [0.1, 0.15) is 5.60 Å². The molecule has 0 heterocycles. The molecule has 6 heteroatoms. The maximum absolute atomic E-state index is 11.4. The Morgan fingerprint density at radius 2 is 1.00 bits per heavy atom. The van der Waals surface area contributed by atoms with Gasteiger partial charge in [0.05, 0.1) is 6.61 Å². The lowest BCUT2D eigenvalue weighted by Gasteiger charge is -2.21. The number of allylic oxidation sites excluding steroid dienone is 8. The first kappa shape index (κ1) is 64.0. The van der Waals surface area contributed by atoms with Crippen LogP contribution in [0.15, 0.2) is 60.8 Å². The number of esters is 2. The number of hydrogen-bond acceptors (Lipinski definition) is 6. The molecular formula is C46H88O6. The van der Waals surface area contributed by atoms with Crippen LogP contribution in [0.3, 0.4) is 0 Å². The van der Waals surface area contributed by atoms with Gasteiger partial charge in [-0.2, -0.15) is 0 Å². The lowest BCUT2D eigenvalue weighted by molar-refractivity contribution is -0.148. The van der Waals surface area contributed by atoms with Crippen LogP contribution < -0.4 is 0 Å². The fourth-order valence-corrected chi connectivity index (χ4v) is 3.28. The zero-order chi connectivity index (χ0) is 38.0. The summed E-state index contributed by atoms with van der Waals surface area (Å²) in [5.41, 5.74) is 0.206. The molecule has 0 bridgehead atoms. The van der Waals surface area contributed by atoms with Crippen molar-refractivity contribution in [3.05, 3.63) is 60.8 Å². The van der Waals surface area contributed by atoms with E-state index in [1.54, 1.807) is 43.4 Å².